The Morgan fingerprint density at radius 3 is 1.68 bits per heavy atom. The number of hydrogen-bond donors (Lipinski definition) is 2. The number of aromatic carboxylic acids is 2. The van der Waals surface area contributed by atoms with Gasteiger partial charge in [0.1, 0.15) is 14.8 Å². The second-order valence-corrected chi connectivity index (χ2v) is 11.0. The zero-order chi connectivity index (χ0) is 24.3. The molecular weight excluding hydrogens is 548 g/mol. The zero-order valence-corrected chi connectivity index (χ0v) is 19.0. The van der Waals surface area contributed by atoms with Crippen LogP contribution in [0.5, 0.6) is 0 Å². The number of carboxylic acid groups (broad SMARTS) is 2. The minimum absolute atomic E-state index is 0.106. The normalized spacial score (nSPS) is 11.2. The molecule has 0 radical (unpaired) electrons. The molecule has 0 spiro atoms. The van der Waals surface area contributed by atoms with Gasteiger partial charge in [0.05, 0.1) is 21.1 Å². The predicted octanol–water partition coefficient (Wildman–Crippen LogP) is 3.84. The smallest absolute Gasteiger partial charge is 0.335 e. The molecule has 0 aliphatic heterocycles. The monoisotopic (exact) mass is 553 g/mol. The number of nitrogens with zero attached hydrogens (tertiary/aromatic N) is 1. The highest BCUT2D eigenvalue weighted by Crippen LogP contribution is 2.34. The number of nitro benzene ring substituents is 1. The van der Waals surface area contributed by atoms with Crippen molar-refractivity contribution < 1.29 is 41.6 Å². The molecule has 2 rings (SSSR count). The summed E-state index contributed by atoms with van der Waals surface area (Å²) in [5.41, 5.74) is -1.63. The van der Waals surface area contributed by atoms with E-state index < -0.39 is 61.0 Å². The van der Waals surface area contributed by atoms with E-state index in [1.165, 1.54) is 12.1 Å². The summed E-state index contributed by atoms with van der Waals surface area (Å²) in [5.74, 6) is -2.78. The lowest BCUT2D eigenvalue weighted by Gasteiger charge is -2.03. The number of rotatable bonds is 5. The minimum Gasteiger partial charge on any atom is -0.478 e. The van der Waals surface area contributed by atoms with E-state index in [-0.39, 0.29) is 10.6 Å². The molecule has 0 saturated heterocycles. The van der Waals surface area contributed by atoms with Crippen molar-refractivity contribution in [3.05, 3.63) is 61.6 Å². The quantitative estimate of drug-likeness (QED) is 0.312. The molecule has 0 amide bonds. The second-order valence-electron chi connectivity index (χ2n) is 5.20. The topological polar surface area (TPSA) is 186 Å². The number of nitro groups is 1. The van der Waals surface area contributed by atoms with Crippen LogP contribution in [-0.4, -0.2) is 43.9 Å². The van der Waals surface area contributed by atoms with Gasteiger partial charge in [0.15, 0.2) is 0 Å². The SMILES string of the molecule is O=C(O)c1cc([N+](=O)[O-])c(Cl)c(S(=O)(=O)Cl)c1.O=C(O)c1ccc(Cl)c(S(=O)(=O)Cl)c1. The second kappa shape index (κ2) is 9.97. The van der Waals surface area contributed by atoms with E-state index in [0.29, 0.717) is 12.1 Å². The van der Waals surface area contributed by atoms with Gasteiger partial charge in [-0.3, -0.25) is 10.1 Å². The number of halogens is 4. The van der Waals surface area contributed by atoms with Crippen LogP contribution in [0.1, 0.15) is 20.7 Å². The van der Waals surface area contributed by atoms with Crippen LogP contribution >= 0.6 is 44.6 Å². The molecule has 2 aromatic carbocycles. The third kappa shape index (κ3) is 7.19. The molecule has 0 saturated carbocycles. The van der Waals surface area contributed by atoms with Crippen molar-refractivity contribution in [1.29, 1.82) is 0 Å². The summed E-state index contributed by atoms with van der Waals surface area (Å²) in [4.78, 5) is 29.5. The Morgan fingerprint density at radius 1 is 0.839 bits per heavy atom. The highest BCUT2D eigenvalue weighted by molar-refractivity contribution is 8.14. The van der Waals surface area contributed by atoms with Gasteiger partial charge < -0.3 is 10.2 Å². The molecule has 31 heavy (non-hydrogen) atoms. The number of benzene rings is 2. The van der Waals surface area contributed by atoms with Crippen molar-refractivity contribution in [1.82, 2.24) is 0 Å². The first-order valence-electron chi connectivity index (χ1n) is 7.10. The Labute approximate surface area is 192 Å². The average molecular weight is 555 g/mol. The van der Waals surface area contributed by atoms with Gasteiger partial charge in [0, 0.05) is 27.4 Å². The van der Waals surface area contributed by atoms with E-state index >= 15 is 0 Å². The molecule has 17 heteroatoms. The Hall–Kier alpha value is -2.16. The van der Waals surface area contributed by atoms with E-state index in [9.17, 15) is 36.5 Å². The summed E-state index contributed by atoms with van der Waals surface area (Å²) in [6.07, 6.45) is 0. The molecule has 0 aliphatic rings. The maximum Gasteiger partial charge on any atom is 0.335 e. The van der Waals surface area contributed by atoms with Crippen LogP contribution in [0.15, 0.2) is 40.1 Å². The Bertz CT molecular complexity index is 1290. The first-order valence-corrected chi connectivity index (χ1v) is 12.5. The van der Waals surface area contributed by atoms with Crippen LogP contribution in [0.25, 0.3) is 0 Å². The fourth-order valence-corrected chi connectivity index (χ4v) is 4.89. The maximum atomic E-state index is 11.1. The standard InChI is InChI=1S/C7H3Cl2NO6S.C7H4Cl2O4S/c8-6-4(10(13)14)1-3(7(11)12)2-5(6)17(9,15)16;8-5-2-1-4(7(10)11)3-6(5)14(9,12)13/h1-2H,(H,11,12);1-3H,(H,10,11). The van der Waals surface area contributed by atoms with Crippen LogP contribution < -0.4 is 0 Å². The predicted molar refractivity (Wildman–Crippen MR) is 110 cm³/mol. The van der Waals surface area contributed by atoms with Gasteiger partial charge in [0.2, 0.25) is 0 Å². The molecule has 0 bridgehead atoms. The summed E-state index contributed by atoms with van der Waals surface area (Å²) >= 11 is 11.0. The first kappa shape index (κ1) is 26.9. The number of hydrogen-bond acceptors (Lipinski definition) is 8. The van der Waals surface area contributed by atoms with E-state index in [1.54, 1.807) is 0 Å². The summed E-state index contributed by atoms with van der Waals surface area (Å²) < 4.78 is 44.0. The van der Waals surface area contributed by atoms with Crippen molar-refractivity contribution in [3.8, 4) is 0 Å². The molecule has 0 heterocycles. The van der Waals surface area contributed by atoms with Crippen LogP contribution in [0, 0.1) is 10.1 Å². The molecule has 2 aromatic rings. The highest BCUT2D eigenvalue weighted by atomic mass is 35.7. The van der Waals surface area contributed by atoms with Gasteiger partial charge in [-0.25, -0.2) is 26.4 Å². The lowest BCUT2D eigenvalue weighted by Crippen LogP contribution is -2.03. The summed E-state index contributed by atoms with van der Waals surface area (Å²) in [6.45, 7) is 0. The molecule has 168 valence electrons. The van der Waals surface area contributed by atoms with Crippen LogP contribution in [0.3, 0.4) is 0 Å². The Balaban J connectivity index is 0.000000316. The lowest BCUT2D eigenvalue weighted by atomic mass is 10.2. The van der Waals surface area contributed by atoms with Crippen molar-refractivity contribution in [2.45, 2.75) is 9.79 Å². The third-order valence-electron chi connectivity index (χ3n) is 3.17. The van der Waals surface area contributed by atoms with Crippen molar-refractivity contribution in [2.24, 2.45) is 0 Å². The highest BCUT2D eigenvalue weighted by Gasteiger charge is 2.26. The van der Waals surface area contributed by atoms with Crippen LogP contribution in [0.2, 0.25) is 10.0 Å². The molecule has 0 atom stereocenters. The van der Waals surface area contributed by atoms with Crippen LogP contribution in [0.4, 0.5) is 5.69 Å². The molecule has 0 aromatic heterocycles. The minimum atomic E-state index is -4.37. The molecule has 11 nitrogen and oxygen atoms in total. The van der Waals surface area contributed by atoms with Gasteiger partial charge in [0.25, 0.3) is 23.8 Å². The molecule has 0 fully saturated rings. The van der Waals surface area contributed by atoms with E-state index in [0.717, 1.165) is 6.07 Å². The summed E-state index contributed by atoms with van der Waals surface area (Å²) in [5, 5.41) is 27.0. The fourth-order valence-electron chi connectivity index (χ4n) is 1.84. The first-order chi connectivity index (χ1) is 14.0. The van der Waals surface area contributed by atoms with E-state index in [1.807, 2.05) is 0 Å². The summed E-state index contributed by atoms with van der Waals surface area (Å²) in [6, 6.07) is 4.57. The number of carboxylic acids is 2. The van der Waals surface area contributed by atoms with Gasteiger partial charge in [-0.2, -0.15) is 0 Å². The Morgan fingerprint density at radius 2 is 1.29 bits per heavy atom. The van der Waals surface area contributed by atoms with Crippen molar-refractivity contribution in [3.63, 3.8) is 0 Å². The Kier molecular flexibility index (Phi) is 8.65. The molecule has 0 aliphatic carbocycles. The lowest BCUT2D eigenvalue weighted by molar-refractivity contribution is -0.384. The van der Waals surface area contributed by atoms with E-state index in [4.69, 9.17) is 54.8 Å². The van der Waals surface area contributed by atoms with Crippen LogP contribution in [-0.2, 0) is 18.1 Å². The van der Waals surface area contributed by atoms with Crippen molar-refractivity contribution in [2.75, 3.05) is 0 Å². The maximum absolute atomic E-state index is 11.1. The van der Waals surface area contributed by atoms with Gasteiger partial charge in [-0.1, -0.05) is 23.2 Å². The van der Waals surface area contributed by atoms with Gasteiger partial charge in [-0.15, -0.1) is 0 Å². The van der Waals surface area contributed by atoms with Crippen molar-refractivity contribution >= 4 is 80.3 Å². The number of carbonyl (C=O) groups is 2. The zero-order valence-electron chi connectivity index (χ0n) is 14.3. The fraction of sp³-hybridized carbons (Fsp3) is 0. The molecule has 0 unspecified atom stereocenters. The van der Waals surface area contributed by atoms with E-state index in [2.05, 4.69) is 0 Å². The summed E-state index contributed by atoms with van der Waals surface area (Å²) in [7, 11) is 1.64. The largest absolute Gasteiger partial charge is 0.478 e. The average Bonchev–Trinajstić information content (AvgIpc) is 2.60. The molecule has 2 N–H and O–H groups in total. The molecular formula is C14H7Cl4NO10S2. The van der Waals surface area contributed by atoms with Gasteiger partial charge >= 0.3 is 11.9 Å². The van der Waals surface area contributed by atoms with Gasteiger partial charge in [-0.05, 0) is 24.3 Å². The third-order valence-corrected chi connectivity index (χ3v) is 6.83.